The predicted octanol–water partition coefficient (Wildman–Crippen LogP) is 1.45. The summed E-state index contributed by atoms with van der Waals surface area (Å²) in [7, 11) is 1.63. The van der Waals surface area contributed by atoms with Gasteiger partial charge in [-0.05, 0) is 19.3 Å². The summed E-state index contributed by atoms with van der Waals surface area (Å²) in [6, 6.07) is -1.10. The highest BCUT2D eigenvalue weighted by Crippen LogP contribution is 2.13. The molecule has 6 heteroatoms. The number of urea groups is 1. The van der Waals surface area contributed by atoms with Crippen LogP contribution >= 0.6 is 0 Å². The van der Waals surface area contributed by atoms with Gasteiger partial charge in [0.2, 0.25) is 0 Å². The second-order valence-corrected chi connectivity index (χ2v) is 4.93. The van der Waals surface area contributed by atoms with Crippen LogP contribution in [0.1, 0.15) is 39.0 Å². The van der Waals surface area contributed by atoms with Crippen molar-refractivity contribution in [2.45, 2.75) is 51.2 Å². The fourth-order valence-corrected chi connectivity index (χ4v) is 2.22. The number of nitrogens with zero attached hydrogens (tertiary/aromatic N) is 1. The molecule has 0 aliphatic carbocycles. The number of carboxylic acids is 1. The van der Waals surface area contributed by atoms with Gasteiger partial charge >= 0.3 is 12.0 Å². The largest absolute Gasteiger partial charge is 0.480 e. The van der Waals surface area contributed by atoms with Gasteiger partial charge in [-0.1, -0.05) is 19.8 Å². The number of rotatable bonds is 6. The molecule has 1 aliphatic rings. The van der Waals surface area contributed by atoms with Crippen molar-refractivity contribution in [3.05, 3.63) is 0 Å². The number of hydrogen-bond donors (Lipinski definition) is 2. The van der Waals surface area contributed by atoms with Gasteiger partial charge in [-0.2, -0.15) is 0 Å². The highest BCUT2D eigenvalue weighted by Gasteiger charge is 2.26. The maximum Gasteiger partial charge on any atom is 0.326 e. The Bertz CT molecular complexity index is 309. The number of carbonyl (C=O) groups is 2. The third kappa shape index (κ3) is 5.06. The van der Waals surface area contributed by atoms with Crippen molar-refractivity contribution in [2.24, 2.45) is 0 Å². The smallest absolute Gasteiger partial charge is 0.326 e. The lowest BCUT2D eigenvalue weighted by Crippen LogP contribution is -2.52. The molecule has 0 radical (unpaired) electrons. The van der Waals surface area contributed by atoms with E-state index in [9.17, 15) is 9.59 Å². The van der Waals surface area contributed by atoms with Crippen LogP contribution in [0.3, 0.4) is 0 Å². The van der Waals surface area contributed by atoms with E-state index in [2.05, 4.69) is 5.32 Å². The fourth-order valence-electron chi connectivity index (χ4n) is 2.22. The number of likely N-dealkylation sites (tertiary alicyclic amines) is 1. The highest BCUT2D eigenvalue weighted by molar-refractivity contribution is 5.82. The SMILES string of the molecule is CCCCC(NC(=O)N1CCCC(OC)C1)C(=O)O. The number of amides is 2. The normalized spacial score (nSPS) is 20.9. The van der Waals surface area contributed by atoms with Gasteiger partial charge < -0.3 is 20.1 Å². The first-order valence-electron chi connectivity index (χ1n) is 6.89. The monoisotopic (exact) mass is 272 g/mol. The van der Waals surface area contributed by atoms with Crippen LogP contribution in [0.25, 0.3) is 0 Å². The van der Waals surface area contributed by atoms with Gasteiger partial charge in [-0.25, -0.2) is 9.59 Å². The Morgan fingerprint density at radius 1 is 1.53 bits per heavy atom. The minimum absolute atomic E-state index is 0.0541. The van der Waals surface area contributed by atoms with Crippen LogP contribution in [0.5, 0.6) is 0 Å². The van der Waals surface area contributed by atoms with E-state index < -0.39 is 12.0 Å². The van der Waals surface area contributed by atoms with E-state index >= 15 is 0 Å². The van der Waals surface area contributed by atoms with Crippen molar-refractivity contribution in [1.29, 1.82) is 0 Å². The van der Waals surface area contributed by atoms with Crippen LogP contribution in [0.2, 0.25) is 0 Å². The molecule has 6 nitrogen and oxygen atoms in total. The zero-order valence-corrected chi connectivity index (χ0v) is 11.7. The molecular formula is C13H24N2O4. The quantitative estimate of drug-likeness (QED) is 0.767. The van der Waals surface area contributed by atoms with Gasteiger partial charge in [-0.15, -0.1) is 0 Å². The lowest BCUT2D eigenvalue weighted by Gasteiger charge is -2.32. The molecule has 0 saturated carbocycles. The summed E-state index contributed by atoms with van der Waals surface area (Å²) in [5.74, 6) is -0.970. The molecule has 0 aromatic rings. The standard InChI is InChI=1S/C13H24N2O4/c1-3-4-7-11(12(16)17)14-13(18)15-8-5-6-10(9-15)19-2/h10-11H,3-9H2,1-2H3,(H,14,18)(H,16,17). The maximum atomic E-state index is 12.0. The predicted molar refractivity (Wildman–Crippen MR) is 71.1 cm³/mol. The third-order valence-corrected chi connectivity index (χ3v) is 3.44. The van der Waals surface area contributed by atoms with Crippen molar-refractivity contribution in [3.8, 4) is 0 Å². The summed E-state index contributed by atoms with van der Waals surface area (Å²) in [4.78, 5) is 24.8. The Hall–Kier alpha value is -1.30. The second-order valence-electron chi connectivity index (χ2n) is 4.93. The number of unbranched alkanes of at least 4 members (excludes halogenated alkanes) is 1. The summed E-state index contributed by atoms with van der Waals surface area (Å²) < 4.78 is 5.25. The molecule has 1 saturated heterocycles. The van der Waals surface area contributed by atoms with Crippen molar-refractivity contribution in [3.63, 3.8) is 0 Å². The molecule has 0 bridgehead atoms. The number of nitrogens with one attached hydrogen (secondary N) is 1. The van der Waals surface area contributed by atoms with Crippen LogP contribution in [-0.2, 0) is 9.53 Å². The number of ether oxygens (including phenoxy) is 1. The zero-order chi connectivity index (χ0) is 14.3. The summed E-state index contributed by atoms with van der Waals surface area (Å²) in [6.45, 7) is 3.18. The molecule has 2 amide bonds. The number of methoxy groups -OCH3 is 1. The Labute approximate surface area is 114 Å². The lowest BCUT2D eigenvalue weighted by molar-refractivity contribution is -0.139. The van der Waals surface area contributed by atoms with Crippen LogP contribution < -0.4 is 5.32 Å². The van der Waals surface area contributed by atoms with Gasteiger partial charge in [0.25, 0.3) is 0 Å². The third-order valence-electron chi connectivity index (χ3n) is 3.44. The van der Waals surface area contributed by atoms with Crippen LogP contribution in [-0.4, -0.2) is 54.4 Å². The lowest BCUT2D eigenvalue weighted by atomic mass is 10.1. The zero-order valence-electron chi connectivity index (χ0n) is 11.7. The average molecular weight is 272 g/mol. The first kappa shape index (κ1) is 15.8. The molecule has 2 unspecified atom stereocenters. The fraction of sp³-hybridized carbons (Fsp3) is 0.846. The first-order valence-corrected chi connectivity index (χ1v) is 6.89. The van der Waals surface area contributed by atoms with E-state index in [0.717, 1.165) is 25.7 Å². The molecule has 1 aliphatic heterocycles. The number of piperidine rings is 1. The van der Waals surface area contributed by atoms with E-state index in [-0.39, 0.29) is 12.1 Å². The Morgan fingerprint density at radius 3 is 2.84 bits per heavy atom. The van der Waals surface area contributed by atoms with Gasteiger partial charge in [0, 0.05) is 20.2 Å². The maximum absolute atomic E-state index is 12.0. The van der Waals surface area contributed by atoms with Crippen molar-refractivity contribution in [2.75, 3.05) is 20.2 Å². The second kappa shape index (κ2) is 7.99. The van der Waals surface area contributed by atoms with Gasteiger partial charge in [0.15, 0.2) is 0 Å². The minimum atomic E-state index is -0.970. The Balaban J connectivity index is 2.48. The summed E-state index contributed by atoms with van der Waals surface area (Å²) in [6.07, 6.45) is 4.06. The van der Waals surface area contributed by atoms with Crippen molar-refractivity contribution >= 4 is 12.0 Å². The number of carbonyl (C=O) groups excluding carboxylic acids is 1. The molecule has 2 atom stereocenters. The molecule has 0 spiro atoms. The van der Waals surface area contributed by atoms with E-state index in [0.29, 0.717) is 19.5 Å². The van der Waals surface area contributed by atoms with E-state index in [1.807, 2.05) is 6.92 Å². The highest BCUT2D eigenvalue weighted by atomic mass is 16.5. The van der Waals surface area contributed by atoms with E-state index in [1.165, 1.54) is 0 Å². The van der Waals surface area contributed by atoms with Crippen LogP contribution in [0.15, 0.2) is 0 Å². The molecule has 0 aromatic carbocycles. The minimum Gasteiger partial charge on any atom is -0.480 e. The summed E-state index contributed by atoms with van der Waals surface area (Å²) >= 11 is 0. The van der Waals surface area contributed by atoms with Crippen molar-refractivity contribution in [1.82, 2.24) is 10.2 Å². The van der Waals surface area contributed by atoms with Gasteiger partial charge in [-0.3, -0.25) is 0 Å². The molecule has 110 valence electrons. The number of aliphatic carboxylic acids is 1. The number of hydrogen-bond acceptors (Lipinski definition) is 3. The Kier molecular flexibility index (Phi) is 6.62. The van der Waals surface area contributed by atoms with Gasteiger partial charge in [0.05, 0.1) is 6.10 Å². The first-order chi connectivity index (χ1) is 9.08. The summed E-state index contributed by atoms with van der Waals surface area (Å²) in [5.41, 5.74) is 0. The molecule has 1 rings (SSSR count). The topological polar surface area (TPSA) is 78.9 Å². The molecule has 1 fully saturated rings. The molecule has 19 heavy (non-hydrogen) atoms. The molecule has 0 aromatic heterocycles. The Morgan fingerprint density at radius 2 is 2.26 bits per heavy atom. The molecule has 2 N–H and O–H groups in total. The van der Waals surface area contributed by atoms with Crippen LogP contribution in [0, 0.1) is 0 Å². The van der Waals surface area contributed by atoms with E-state index in [1.54, 1.807) is 12.0 Å². The van der Waals surface area contributed by atoms with E-state index in [4.69, 9.17) is 9.84 Å². The van der Waals surface area contributed by atoms with Gasteiger partial charge in [0.1, 0.15) is 6.04 Å². The number of carboxylic acid groups (broad SMARTS) is 1. The summed E-state index contributed by atoms with van der Waals surface area (Å²) in [5, 5.41) is 11.7. The van der Waals surface area contributed by atoms with Crippen molar-refractivity contribution < 1.29 is 19.4 Å². The molecule has 1 heterocycles. The van der Waals surface area contributed by atoms with Crippen LogP contribution in [0.4, 0.5) is 4.79 Å². The average Bonchev–Trinajstić information content (AvgIpc) is 2.42. The molecular weight excluding hydrogens is 248 g/mol.